The van der Waals surface area contributed by atoms with Crippen LogP contribution in [0.2, 0.25) is 0 Å². The van der Waals surface area contributed by atoms with Crippen LogP contribution in [0.4, 0.5) is 0 Å². The number of aryl methyl sites for hydroxylation is 1. The van der Waals surface area contributed by atoms with Gasteiger partial charge in [-0.05, 0) is 24.4 Å². The van der Waals surface area contributed by atoms with Gasteiger partial charge in [0, 0.05) is 20.2 Å². The molecule has 0 saturated carbocycles. The van der Waals surface area contributed by atoms with Crippen molar-refractivity contribution in [3.63, 3.8) is 0 Å². The Morgan fingerprint density at radius 1 is 1.50 bits per heavy atom. The summed E-state index contributed by atoms with van der Waals surface area (Å²) in [5, 5.41) is 5.87. The molecule has 0 spiro atoms. The second-order valence-electron chi connectivity index (χ2n) is 3.98. The van der Waals surface area contributed by atoms with Crippen LogP contribution in [0.1, 0.15) is 6.42 Å². The maximum Gasteiger partial charge on any atom is 0.262 e. The molecule has 2 aromatic heterocycles. The molecule has 2 aromatic rings. The third kappa shape index (κ3) is 3.16. The molecule has 0 aromatic carbocycles. The molecule has 6 heteroatoms. The zero-order chi connectivity index (χ0) is 12.8. The van der Waals surface area contributed by atoms with Gasteiger partial charge in [0.25, 0.3) is 5.56 Å². The molecule has 0 saturated heterocycles. The summed E-state index contributed by atoms with van der Waals surface area (Å²) in [4.78, 5) is 17.1. The zero-order valence-corrected chi connectivity index (χ0v) is 11.2. The quantitative estimate of drug-likeness (QED) is 0.763. The van der Waals surface area contributed by atoms with Crippen LogP contribution < -0.4 is 10.9 Å². The van der Waals surface area contributed by atoms with Crippen LogP contribution >= 0.6 is 11.3 Å². The van der Waals surface area contributed by atoms with Gasteiger partial charge < -0.3 is 10.1 Å². The van der Waals surface area contributed by atoms with E-state index in [4.69, 9.17) is 4.74 Å². The first-order valence-electron chi connectivity index (χ1n) is 5.95. The molecule has 0 aliphatic carbocycles. The van der Waals surface area contributed by atoms with Crippen molar-refractivity contribution >= 4 is 21.6 Å². The third-order valence-corrected chi connectivity index (χ3v) is 3.51. The number of ether oxygens (including phenoxy) is 1. The monoisotopic (exact) mass is 267 g/mol. The lowest BCUT2D eigenvalue weighted by atomic mass is 10.3. The average Bonchev–Trinajstić information content (AvgIpc) is 2.85. The van der Waals surface area contributed by atoms with Gasteiger partial charge in [-0.1, -0.05) is 0 Å². The van der Waals surface area contributed by atoms with Crippen molar-refractivity contribution in [2.24, 2.45) is 0 Å². The molecule has 0 amide bonds. The standard InChI is InChI=1S/C12H17N3O2S/c1-17-7-5-13-4-2-6-15-9-14-11-10(12(15)16)3-8-18-11/h3,8-9,13H,2,4-7H2,1H3. The number of methoxy groups -OCH3 is 1. The predicted molar refractivity (Wildman–Crippen MR) is 73.2 cm³/mol. The second kappa shape index (κ2) is 6.63. The Kier molecular flexibility index (Phi) is 4.86. The molecule has 18 heavy (non-hydrogen) atoms. The van der Waals surface area contributed by atoms with E-state index in [0.717, 1.165) is 29.7 Å². The fourth-order valence-corrected chi connectivity index (χ4v) is 2.45. The van der Waals surface area contributed by atoms with Gasteiger partial charge in [-0.3, -0.25) is 9.36 Å². The number of thiophene rings is 1. The fraction of sp³-hybridized carbons (Fsp3) is 0.500. The van der Waals surface area contributed by atoms with E-state index in [1.165, 1.54) is 11.3 Å². The lowest BCUT2D eigenvalue weighted by Crippen LogP contribution is -2.24. The highest BCUT2D eigenvalue weighted by Gasteiger charge is 2.04. The molecule has 2 heterocycles. The van der Waals surface area contributed by atoms with Crippen molar-refractivity contribution in [3.05, 3.63) is 28.1 Å². The first-order valence-corrected chi connectivity index (χ1v) is 6.83. The maximum absolute atomic E-state index is 12.0. The number of nitrogens with one attached hydrogen (secondary N) is 1. The summed E-state index contributed by atoms with van der Waals surface area (Å²) in [5.41, 5.74) is 0.0538. The minimum Gasteiger partial charge on any atom is -0.383 e. The molecule has 0 bridgehead atoms. The Morgan fingerprint density at radius 3 is 3.22 bits per heavy atom. The van der Waals surface area contributed by atoms with E-state index in [1.807, 2.05) is 11.4 Å². The Balaban J connectivity index is 1.88. The van der Waals surface area contributed by atoms with Gasteiger partial charge in [0.1, 0.15) is 4.83 Å². The molecule has 0 aliphatic heterocycles. The lowest BCUT2D eigenvalue weighted by molar-refractivity contribution is 0.199. The van der Waals surface area contributed by atoms with Crippen molar-refractivity contribution < 1.29 is 4.74 Å². The summed E-state index contributed by atoms with van der Waals surface area (Å²) in [5.74, 6) is 0. The first kappa shape index (κ1) is 13.2. The van der Waals surface area contributed by atoms with E-state index >= 15 is 0 Å². The number of hydrogen-bond acceptors (Lipinski definition) is 5. The molecule has 5 nitrogen and oxygen atoms in total. The van der Waals surface area contributed by atoms with Gasteiger partial charge in [-0.2, -0.15) is 0 Å². The van der Waals surface area contributed by atoms with Gasteiger partial charge in [-0.25, -0.2) is 4.98 Å². The van der Waals surface area contributed by atoms with Crippen LogP contribution in [0, 0.1) is 0 Å². The zero-order valence-electron chi connectivity index (χ0n) is 10.4. The van der Waals surface area contributed by atoms with Crippen LogP contribution in [0.3, 0.4) is 0 Å². The van der Waals surface area contributed by atoms with Gasteiger partial charge in [-0.15, -0.1) is 11.3 Å². The summed E-state index contributed by atoms with van der Waals surface area (Å²) in [6, 6.07) is 1.84. The topological polar surface area (TPSA) is 56.1 Å². The van der Waals surface area contributed by atoms with Crippen LogP contribution in [0.5, 0.6) is 0 Å². The molecular formula is C12H17N3O2S. The van der Waals surface area contributed by atoms with E-state index in [-0.39, 0.29) is 5.56 Å². The van der Waals surface area contributed by atoms with Crippen LogP contribution in [-0.2, 0) is 11.3 Å². The summed E-state index contributed by atoms with van der Waals surface area (Å²) in [7, 11) is 1.68. The first-order chi connectivity index (χ1) is 8.83. The summed E-state index contributed by atoms with van der Waals surface area (Å²) in [6.45, 7) is 3.12. The maximum atomic E-state index is 12.0. The highest BCUT2D eigenvalue weighted by Crippen LogP contribution is 2.13. The minimum absolute atomic E-state index is 0.0538. The Morgan fingerprint density at radius 2 is 2.39 bits per heavy atom. The molecule has 1 N–H and O–H groups in total. The fourth-order valence-electron chi connectivity index (χ4n) is 1.73. The molecule has 0 aliphatic rings. The minimum atomic E-state index is 0.0538. The molecular weight excluding hydrogens is 250 g/mol. The van der Waals surface area contributed by atoms with Crippen molar-refractivity contribution in [2.45, 2.75) is 13.0 Å². The SMILES string of the molecule is COCCNCCCn1cnc2sccc2c1=O. The van der Waals surface area contributed by atoms with Gasteiger partial charge in [0.2, 0.25) is 0 Å². The van der Waals surface area contributed by atoms with Crippen LogP contribution in [0.25, 0.3) is 10.2 Å². The number of hydrogen-bond donors (Lipinski definition) is 1. The van der Waals surface area contributed by atoms with Crippen LogP contribution in [-0.4, -0.2) is 36.4 Å². The lowest BCUT2D eigenvalue weighted by Gasteiger charge is -2.06. The Labute approximate surface area is 109 Å². The summed E-state index contributed by atoms with van der Waals surface area (Å²) in [6.07, 6.45) is 2.54. The molecule has 0 unspecified atom stereocenters. The van der Waals surface area contributed by atoms with Crippen molar-refractivity contribution in [1.29, 1.82) is 0 Å². The molecule has 0 fully saturated rings. The van der Waals surface area contributed by atoms with Crippen molar-refractivity contribution in [2.75, 3.05) is 26.8 Å². The van der Waals surface area contributed by atoms with Gasteiger partial charge >= 0.3 is 0 Å². The van der Waals surface area contributed by atoms with E-state index < -0.39 is 0 Å². The van der Waals surface area contributed by atoms with E-state index in [9.17, 15) is 4.79 Å². The Hall–Kier alpha value is -1.24. The number of aromatic nitrogens is 2. The second-order valence-corrected chi connectivity index (χ2v) is 4.87. The molecule has 98 valence electrons. The van der Waals surface area contributed by atoms with Gasteiger partial charge in [0.05, 0.1) is 18.3 Å². The summed E-state index contributed by atoms with van der Waals surface area (Å²) >= 11 is 1.50. The summed E-state index contributed by atoms with van der Waals surface area (Å²) < 4.78 is 6.61. The largest absolute Gasteiger partial charge is 0.383 e. The molecule has 2 rings (SSSR count). The third-order valence-electron chi connectivity index (χ3n) is 2.69. The predicted octanol–water partition coefficient (Wildman–Crippen LogP) is 1.08. The number of rotatable bonds is 7. The number of fused-ring (bicyclic) bond motifs is 1. The van der Waals surface area contributed by atoms with Gasteiger partial charge in [0.15, 0.2) is 0 Å². The van der Waals surface area contributed by atoms with E-state index in [2.05, 4.69) is 10.3 Å². The Bertz CT molecular complexity index is 549. The highest BCUT2D eigenvalue weighted by molar-refractivity contribution is 7.16. The average molecular weight is 267 g/mol. The van der Waals surface area contributed by atoms with E-state index in [0.29, 0.717) is 13.2 Å². The van der Waals surface area contributed by atoms with Crippen molar-refractivity contribution in [3.8, 4) is 0 Å². The smallest absolute Gasteiger partial charge is 0.262 e. The number of nitrogens with zero attached hydrogens (tertiary/aromatic N) is 2. The molecule has 0 radical (unpaired) electrons. The highest BCUT2D eigenvalue weighted by atomic mass is 32.1. The van der Waals surface area contributed by atoms with Crippen molar-refractivity contribution in [1.82, 2.24) is 14.9 Å². The van der Waals surface area contributed by atoms with Crippen LogP contribution in [0.15, 0.2) is 22.6 Å². The van der Waals surface area contributed by atoms with E-state index in [1.54, 1.807) is 18.0 Å². The molecule has 0 atom stereocenters. The normalized spacial score (nSPS) is 11.2.